The number of alkyl halides is 3. The van der Waals surface area contributed by atoms with Crippen LogP contribution >= 0.6 is 22.7 Å². The van der Waals surface area contributed by atoms with Gasteiger partial charge in [-0.1, -0.05) is 0 Å². The van der Waals surface area contributed by atoms with Gasteiger partial charge in [-0.2, -0.15) is 30.0 Å². The van der Waals surface area contributed by atoms with Crippen LogP contribution in [0.1, 0.15) is 52.0 Å². The van der Waals surface area contributed by atoms with Crippen LogP contribution in [0.15, 0.2) is 46.6 Å². The summed E-state index contributed by atoms with van der Waals surface area (Å²) in [5.41, 5.74) is 5.61. The minimum atomic E-state index is -5.27. The fraction of sp³-hybridized carbons (Fsp3) is 0.379. The van der Waals surface area contributed by atoms with E-state index >= 15 is 0 Å². The van der Waals surface area contributed by atoms with Crippen LogP contribution in [0.3, 0.4) is 0 Å². The summed E-state index contributed by atoms with van der Waals surface area (Å²) in [6.45, 7) is 3.81. The number of hydroxylamine groups is 1. The molecule has 1 aliphatic heterocycles. The van der Waals surface area contributed by atoms with Crippen molar-refractivity contribution in [3.05, 3.63) is 68.2 Å². The van der Waals surface area contributed by atoms with Crippen molar-refractivity contribution in [3.63, 3.8) is 0 Å². The number of aromatic nitrogens is 1. The molecule has 0 saturated carbocycles. The molecule has 3 aromatic heterocycles. The number of piperidine rings is 1. The quantitative estimate of drug-likeness (QED) is 0.216. The Morgan fingerprint density at radius 3 is 2.55 bits per heavy atom. The average molecular weight is 669 g/mol. The van der Waals surface area contributed by atoms with Crippen LogP contribution in [-0.2, 0) is 32.7 Å². The molecule has 1 amide bonds. The SMILES string of the molecule is CCS(=O)(=O)N1CCC(c2c[nH]c3c(C(=O)NOC(=O)C(F)(F)F)cc(-c4csc(CN(C)Cc5ccsc5)c4)cc23)CC1. The molecule has 0 spiro atoms. The minimum absolute atomic E-state index is 0.00653. The highest BCUT2D eigenvalue weighted by Gasteiger charge is 2.42. The monoisotopic (exact) mass is 668 g/mol. The summed E-state index contributed by atoms with van der Waals surface area (Å²) in [6.07, 6.45) is -2.38. The number of rotatable bonds is 9. The molecule has 0 bridgehead atoms. The van der Waals surface area contributed by atoms with Gasteiger partial charge in [-0.05, 0) is 95.4 Å². The van der Waals surface area contributed by atoms with Crippen molar-refractivity contribution in [2.45, 2.75) is 44.9 Å². The van der Waals surface area contributed by atoms with E-state index in [2.05, 4.69) is 26.2 Å². The third kappa shape index (κ3) is 7.18. The predicted molar refractivity (Wildman–Crippen MR) is 164 cm³/mol. The van der Waals surface area contributed by atoms with Gasteiger partial charge in [0.15, 0.2) is 0 Å². The second-order valence-electron chi connectivity index (χ2n) is 10.7. The number of hydrogen-bond acceptors (Lipinski definition) is 8. The number of carbonyl (C=O) groups excluding carboxylic acids is 2. The molecule has 4 aromatic rings. The summed E-state index contributed by atoms with van der Waals surface area (Å²) in [7, 11) is -1.29. The molecule has 0 atom stereocenters. The minimum Gasteiger partial charge on any atom is -0.360 e. The van der Waals surface area contributed by atoms with E-state index in [1.807, 2.05) is 29.9 Å². The number of fused-ring (bicyclic) bond motifs is 1. The Balaban J connectivity index is 1.45. The summed E-state index contributed by atoms with van der Waals surface area (Å²) in [5.74, 6) is -3.53. The number of amides is 1. The number of carbonyl (C=O) groups is 2. The maximum absolute atomic E-state index is 13.1. The number of nitrogens with one attached hydrogen (secondary N) is 2. The zero-order chi connectivity index (χ0) is 31.6. The van der Waals surface area contributed by atoms with Gasteiger partial charge in [-0.3, -0.25) is 9.69 Å². The molecule has 2 N–H and O–H groups in total. The predicted octanol–water partition coefficient (Wildman–Crippen LogP) is 5.87. The molecule has 5 rings (SSSR count). The summed E-state index contributed by atoms with van der Waals surface area (Å²) in [6, 6.07) is 7.57. The molecule has 0 radical (unpaired) electrons. The maximum atomic E-state index is 13.1. The van der Waals surface area contributed by atoms with Gasteiger partial charge in [0.05, 0.1) is 16.8 Å². The first kappa shape index (κ1) is 32.2. The first-order valence-electron chi connectivity index (χ1n) is 13.8. The second kappa shape index (κ2) is 13.0. The Morgan fingerprint density at radius 1 is 1.14 bits per heavy atom. The molecule has 1 aliphatic rings. The molecule has 1 aromatic carbocycles. The van der Waals surface area contributed by atoms with Crippen LogP contribution < -0.4 is 5.48 Å². The van der Waals surface area contributed by atoms with E-state index in [1.54, 1.807) is 47.3 Å². The van der Waals surface area contributed by atoms with Crippen molar-refractivity contribution < 1.29 is 36.0 Å². The number of sulfonamides is 1. The van der Waals surface area contributed by atoms with Crippen molar-refractivity contribution >= 4 is 55.5 Å². The van der Waals surface area contributed by atoms with Gasteiger partial charge < -0.3 is 9.82 Å². The van der Waals surface area contributed by atoms with E-state index < -0.39 is 28.1 Å². The van der Waals surface area contributed by atoms with Crippen LogP contribution in [0.5, 0.6) is 0 Å². The highest BCUT2D eigenvalue weighted by Crippen LogP contribution is 2.38. The number of benzene rings is 1. The van der Waals surface area contributed by atoms with Crippen molar-refractivity contribution in [2.24, 2.45) is 0 Å². The fourth-order valence-electron chi connectivity index (χ4n) is 5.40. The Bertz CT molecular complexity index is 1740. The van der Waals surface area contributed by atoms with Gasteiger partial charge in [0, 0.05) is 42.6 Å². The topological polar surface area (TPSA) is 112 Å². The number of hydrogen-bond donors (Lipinski definition) is 2. The van der Waals surface area contributed by atoms with Crippen molar-refractivity contribution in [1.29, 1.82) is 0 Å². The molecule has 0 aliphatic carbocycles. The highest BCUT2D eigenvalue weighted by molar-refractivity contribution is 7.89. The van der Waals surface area contributed by atoms with E-state index in [0.29, 0.717) is 48.9 Å². The lowest BCUT2D eigenvalue weighted by atomic mass is 9.88. The Labute approximate surface area is 260 Å². The lowest BCUT2D eigenvalue weighted by Gasteiger charge is -2.31. The number of H-pyrrole nitrogens is 1. The first-order valence-corrected chi connectivity index (χ1v) is 17.3. The summed E-state index contributed by atoms with van der Waals surface area (Å²) in [5, 5.41) is 6.78. The zero-order valence-corrected chi connectivity index (χ0v) is 26.4. The van der Waals surface area contributed by atoms with Crippen LogP contribution in [0.2, 0.25) is 0 Å². The lowest BCUT2D eigenvalue weighted by molar-refractivity contribution is -0.204. The lowest BCUT2D eigenvalue weighted by Crippen LogP contribution is -2.38. The molecule has 236 valence electrons. The van der Waals surface area contributed by atoms with Crippen molar-refractivity contribution in [2.75, 3.05) is 25.9 Å². The van der Waals surface area contributed by atoms with Crippen molar-refractivity contribution in [3.8, 4) is 11.1 Å². The van der Waals surface area contributed by atoms with E-state index in [9.17, 15) is 31.2 Å². The Hall–Kier alpha value is -3.24. The molecular formula is C29H31F3N4O5S3. The van der Waals surface area contributed by atoms with Gasteiger partial charge in [0.25, 0.3) is 5.91 Å². The highest BCUT2D eigenvalue weighted by atomic mass is 32.2. The molecule has 4 heterocycles. The molecular weight excluding hydrogens is 638 g/mol. The number of nitrogens with zero attached hydrogens (tertiary/aromatic N) is 2. The maximum Gasteiger partial charge on any atom is 0.493 e. The molecule has 15 heteroatoms. The molecule has 44 heavy (non-hydrogen) atoms. The Morgan fingerprint density at radius 2 is 1.89 bits per heavy atom. The molecule has 1 saturated heterocycles. The average Bonchev–Trinajstić information content (AvgIpc) is 3.76. The smallest absolute Gasteiger partial charge is 0.360 e. The number of aromatic amines is 1. The normalized spacial score (nSPS) is 15.2. The summed E-state index contributed by atoms with van der Waals surface area (Å²) < 4.78 is 64.3. The van der Waals surface area contributed by atoms with E-state index in [-0.39, 0.29) is 17.2 Å². The summed E-state index contributed by atoms with van der Waals surface area (Å²) >= 11 is 3.20. The van der Waals surface area contributed by atoms with Gasteiger partial charge in [0.2, 0.25) is 10.0 Å². The second-order valence-corrected chi connectivity index (χ2v) is 14.7. The number of thiophene rings is 2. The van der Waals surface area contributed by atoms with Crippen LogP contribution in [0, 0.1) is 0 Å². The molecule has 9 nitrogen and oxygen atoms in total. The molecule has 1 fully saturated rings. The van der Waals surface area contributed by atoms with Crippen LogP contribution in [0.25, 0.3) is 22.0 Å². The third-order valence-corrected chi connectivity index (χ3v) is 11.2. The van der Waals surface area contributed by atoms with Crippen LogP contribution in [0.4, 0.5) is 13.2 Å². The van der Waals surface area contributed by atoms with Crippen molar-refractivity contribution in [1.82, 2.24) is 19.7 Å². The fourth-order valence-corrected chi connectivity index (χ4v) is 8.17. The van der Waals surface area contributed by atoms with Gasteiger partial charge in [-0.25, -0.2) is 17.5 Å². The van der Waals surface area contributed by atoms with Gasteiger partial charge in [-0.15, -0.1) is 11.3 Å². The van der Waals surface area contributed by atoms with E-state index in [4.69, 9.17) is 0 Å². The molecule has 0 unspecified atom stereocenters. The number of halogens is 3. The zero-order valence-electron chi connectivity index (χ0n) is 23.9. The van der Waals surface area contributed by atoms with Gasteiger partial charge >= 0.3 is 12.1 Å². The standard InChI is InChI=1S/C29H31F3N4O5S3/c1-3-44(39,40)36-7-4-19(5-8-36)25-13-33-26-23(25)11-20(12-24(26)27(37)34-41-28(38)29(30,31)32)21-10-22(43-17-21)15-35(2)14-18-6-9-42-16-18/h6,9-13,16-17,19,33H,3-5,7-8,14-15H2,1-2H3,(H,34,37). The van der Waals surface area contributed by atoms with E-state index in [0.717, 1.165) is 22.5 Å². The largest absolute Gasteiger partial charge is 0.493 e. The Kier molecular flexibility index (Phi) is 9.51. The van der Waals surface area contributed by atoms with Gasteiger partial charge in [0.1, 0.15) is 0 Å². The first-order chi connectivity index (χ1) is 20.9. The summed E-state index contributed by atoms with van der Waals surface area (Å²) in [4.78, 5) is 34.7. The third-order valence-electron chi connectivity index (χ3n) is 7.63. The van der Waals surface area contributed by atoms with E-state index in [1.165, 1.54) is 9.87 Å². The van der Waals surface area contributed by atoms with Crippen LogP contribution in [-0.4, -0.2) is 66.5 Å².